The second-order valence-electron chi connectivity index (χ2n) is 5.95. The maximum absolute atomic E-state index is 12.3. The van der Waals surface area contributed by atoms with Crippen molar-refractivity contribution in [2.75, 3.05) is 6.61 Å². The van der Waals surface area contributed by atoms with Crippen molar-refractivity contribution < 1.29 is 14.3 Å². The highest BCUT2D eigenvalue weighted by Gasteiger charge is 2.23. The van der Waals surface area contributed by atoms with Gasteiger partial charge in [0, 0.05) is 17.1 Å². The molecular formula is C17H17Cl3N2O3. The van der Waals surface area contributed by atoms with E-state index in [1.807, 2.05) is 13.8 Å². The SMILES string of the molecule is Cc1nn(CC(C)C)c(Cl)c1C(=O)OCC(=O)c1ccc(Cl)cc1Cl. The number of ether oxygens (including phenoxy) is 1. The fraction of sp³-hybridized carbons (Fsp3) is 0.353. The van der Waals surface area contributed by atoms with E-state index in [0.29, 0.717) is 23.2 Å². The van der Waals surface area contributed by atoms with Gasteiger partial charge in [-0.25, -0.2) is 4.79 Å². The van der Waals surface area contributed by atoms with Gasteiger partial charge in [-0.2, -0.15) is 5.10 Å². The van der Waals surface area contributed by atoms with Crippen LogP contribution in [0.1, 0.15) is 40.3 Å². The lowest BCUT2D eigenvalue weighted by Crippen LogP contribution is -2.15. The third-order valence-corrected chi connectivity index (χ3v) is 4.31. The molecule has 0 bridgehead atoms. The number of rotatable bonds is 6. The van der Waals surface area contributed by atoms with Gasteiger partial charge < -0.3 is 4.74 Å². The van der Waals surface area contributed by atoms with Crippen molar-refractivity contribution in [3.05, 3.63) is 50.2 Å². The lowest BCUT2D eigenvalue weighted by atomic mass is 10.1. The average molecular weight is 404 g/mol. The molecule has 0 saturated carbocycles. The number of Topliss-reactive ketones (excluding diaryl/α,β-unsaturated/α-hetero) is 1. The summed E-state index contributed by atoms with van der Waals surface area (Å²) in [7, 11) is 0. The molecule has 5 nitrogen and oxygen atoms in total. The highest BCUT2D eigenvalue weighted by molar-refractivity contribution is 6.37. The normalized spacial score (nSPS) is 11.0. The average Bonchev–Trinajstić information content (AvgIpc) is 2.78. The highest BCUT2D eigenvalue weighted by Crippen LogP contribution is 2.23. The molecule has 0 radical (unpaired) electrons. The van der Waals surface area contributed by atoms with Crippen molar-refractivity contribution in [1.82, 2.24) is 9.78 Å². The zero-order valence-corrected chi connectivity index (χ0v) is 16.2. The van der Waals surface area contributed by atoms with E-state index < -0.39 is 18.4 Å². The first-order chi connectivity index (χ1) is 11.7. The molecule has 0 aliphatic rings. The molecule has 2 aromatic rings. The third-order valence-electron chi connectivity index (χ3n) is 3.37. The molecule has 0 spiro atoms. The molecule has 1 aromatic carbocycles. The molecule has 0 amide bonds. The molecule has 0 atom stereocenters. The monoisotopic (exact) mass is 402 g/mol. The molecule has 0 aliphatic carbocycles. The number of aryl methyl sites for hydroxylation is 1. The molecule has 1 aromatic heterocycles. The number of hydrogen-bond acceptors (Lipinski definition) is 4. The summed E-state index contributed by atoms with van der Waals surface area (Å²) in [6, 6.07) is 4.48. The van der Waals surface area contributed by atoms with Crippen LogP contribution in [0.15, 0.2) is 18.2 Å². The van der Waals surface area contributed by atoms with E-state index in [-0.39, 0.29) is 21.3 Å². The largest absolute Gasteiger partial charge is 0.454 e. The summed E-state index contributed by atoms with van der Waals surface area (Å²) in [6.45, 7) is 5.81. The van der Waals surface area contributed by atoms with Crippen LogP contribution in [-0.4, -0.2) is 28.1 Å². The van der Waals surface area contributed by atoms with Gasteiger partial charge in [0.05, 0.1) is 10.7 Å². The van der Waals surface area contributed by atoms with E-state index in [1.165, 1.54) is 12.1 Å². The summed E-state index contributed by atoms with van der Waals surface area (Å²) >= 11 is 18.0. The number of ketones is 1. The summed E-state index contributed by atoms with van der Waals surface area (Å²) in [5.74, 6) is -0.816. The predicted octanol–water partition coefficient (Wildman–Crippen LogP) is 4.85. The van der Waals surface area contributed by atoms with Gasteiger partial charge in [-0.1, -0.05) is 48.7 Å². The molecule has 0 saturated heterocycles. The summed E-state index contributed by atoms with van der Waals surface area (Å²) in [6.07, 6.45) is 0. The van der Waals surface area contributed by atoms with Crippen molar-refractivity contribution >= 4 is 46.6 Å². The summed E-state index contributed by atoms with van der Waals surface area (Å²) in [5, 5.41) is 5.06. The van der Waals surface area contributed by atoms with Crippen LogP contribution in [0.2, 0.25) is 15.2 Å². The number of aromatic nitrogens is 2. The molecule has 2 rings (SSSR count). The van der Waals surface area contributed by atoms with Gasteiger partial charge in [-0.05, 0) is 31.0 Å². The van der Waals surface area contributed by atoms with Gasteiger partial charge in [-0.3, -0.25) is 9.48 Å². The molecule has 0 aliphatic heterocycles. The first-order valence-electron chi connectivity index (χ1n) is 7.59. The number of carbonyl (C=O) groups excluding carboxylic acids is 2. The van der Waals surface area contributed by atoms with Crippen molar-refractivity contribution in [3.63, 3.8) is 0 Å². The van der Waals surface area contributed by atoms with E-state index in [2.05, 4.69) is 5.10 Å². The van der Waals surface area contributed by atoms with Crippen LogP contribution >= 0.6 is 34.8 Å². The summed E-state index contributed by atoms with van der Waals surface area (Å²) < 4.78 is 6.64. The quantitative estimate of drug-likeness (QED) is 0.511. The van der Waals surface area contributed by atoms with Crippen molar-refractivity contribution in [2.45, 2.75) is 27.3 Å². The van der Waals surface area contributed by atoms with Crippen LogP contribution in [-0.2, 0) is 11.3 Å². The minimum absolute atomic E-state index is 0.164. The smallest absolute Gasteiger partial charge is 0.343 e. The van der Waals surface area contributed by atoms with Crippen LogP contribution < -0.4 is 0 Å². The minimum atomic E-state index is -0.698. The second-order valence-corrected chi connectivity index (χ2v) is 7.15. The maximum atomic E-state index is 12.3. The fourth-order valence-corrected chi connectivity index (χ4v) is 3.08. The van der Waals surface area contributed by atoms with E-state index in [1.54, 1.807) is 17.7 Å². The fourth-order valence-electron chi connectivity index (χ4n) is 2.25. The Morgan fingerprint density at radius 3 is 2.52 bits per heavy atom. The van der Waals surface area contributed by atoms with Crippen LogP contribution in [0, 0.1) is 12.8 Å². The third kappa shape index (κ3) is 4.75. The Morgan fingerprint density at radius 1 is 1.24 bits per heavy atom. The van der Waals surface area contributed by atoms with Crippen molar-refractivity contribution in [1.29, 1.82) is 0 Å². The molecule has 1 heterocycles. The predicted molar refractivity (Wildman–Crippen MR) is 97.9 cm³/mol. The lowest BCUT2D eigenvalue weighted by Gasteiger charge is -2.07. The van der Waals surface area contributed by atoms with Gasteiger partial charge >= 0.3 is 5.97 Å². The van der Waals surface area contributed by atoms with Crippen LogP contribution in [0.25, 0.3) is 0 Å². The van der Waals surface area contributed by atoms with E-state index >= 15 is 0 Å². The topological polar surface area (TPSA) is 61.2 Å². The second kappa shape index (κ2) is 8.21. The van der Waals surface area contributed by atoms with Crippen LogP contribution in [0.3, 0.4) is 0 Å². The highest BCUT2D eigenvalue weighted by atomic mass is 35.5. The molecule has 0 N–H and O–H groups in total. The zero-order valence-electron chi connectivity index (χ0n) is 14.0. The van der Waals surface area contributed by atoms with Crippen molar-refractivity contribution in [3.8, 4) is 0 Å². The molecule has 8 heteroatoms. The summed E-state index contributed by atoms with van der Waals surface area (Å²) in [5.41, 5.74) is 0.849. The number of nitrogens with zero attached hydrogens (tertiary/aromatic N) is 2. The number of hydrogen-bond donors (Lipinski definition) is 0. The lowest BCUT2D eigenvalue weighted by molar-refractivity contribution is 0.0474. The molecule has 134 valence electrons. The van der Waals surface area contributed by atoms with Gasteiger partial charge in [0.1, 0.15) is 10.7 Å². The van der Waals surface area contributed by atoms with E-state index in [9.17, 15) is 9.59 Å². The molecule has 0 fully saturated rings. The van der Waals surface area contributed by atoms with E-state index in [4.69, 9.17) is 39.5 Å². The van der Waals surface area contributed by atoms with Gasteiger partial charge in [-0.15, -0.1) is 0 Å². The number of halogens is 3. The molecule has 25 heavy (non-hydrogen) atoms. The van der Waals surface area contributed by atoms with E-state index in [0.717, 1.165) is 0 Å². The Morgan fingerprint density at radius 2 is 1.92 bits per heavy atom. The van der Waals surface area contributed by atoms with Crippen LogP contribution in [0.4, 0.5) is 0 Å². The van der Waals surface area contributed by atoms with Gasteiger partial charge in [0.25, 0.3) is 0 Å². The Balaban J connectivity index is 2.10. The van der Waals surface area contributed by atoms with Gasteiger partial charge in [0.15, 0.2) is 6.61 Å². The standard InChI is InChI=1S/C17H17Cl3N2O3/c1-9(2)7-22-16(20)15(10(3)21-22)17(24)25-8-14(23)12-5-4-11(18)6-13(12)19/h4-6,9H,7-8H2,1-3H3. The Hall–Kier alpha value is -1.56. The first-order valence-corrected chi connectivity index (χ1v) is 8.72. The molecular weight excluding hydrogens is 387 g/mol. The Labute approximate surface area is 160 Å². The Kier molecular flexibility index (Phi) is 6.49. The number of carbonyl (C=O) groups is 2. The number of benzene rings is 1. The minimum Gasteiger partial charge on any atom is -0.454 e. The molecule has 0 unspecified atom stereocenters. The summed E-state index contributed by atoms with van der Waals surface area (Å²) in [4.78, 5) is 24.5. The zero-order chi connectivity index (χ0) is 18.7. The van der Waals surface area contributed by atoms with Crippen molar-refractivity contribution in [2.24, 2.45) is 5.92 Å². The number of esters is 1. The maximum Gasteiger partial charge on any atom is 0.343 e. The van der Waals surface area contributed by atoms with Gasteiger partial charge in [0.2, 0.25) is 5.78 Å². The first kappa shape index (κ1) is 19.8. The Bertz CT molecular complexity index is 816. The van der Waals surface area contributed by atoms with Crippen LogP contribution in [0.5, 0.6) is 0 Å².